The van der Waals surface area contributed by atoms with E-state index in [1.54, 1.807) is 4.90 Å². The van der Waals surface area contributed by atoms with Crippen LogP contribution in [0.5, 0.6) is 0 Å². The minimum atomic E-state index is -1.49. The molecule has 2 aromatic heterocycles. The maximum atomic E-state index is 14.3. The van der Waals surface area contributed by atoms with Gasteiger partial charge in [-0.3, -0.25) is 9.59 Å². The third-order valence-corrected chi connectivity index (χ3v) is 3.73. The molecule has 116 valence electrons. The number of rotatable bonds is 2. The minimum absolute atomic E-state index is 0.0168. The van der Waals surface area contributed by atoms with E-state index >= 15 is 0 Å². The molecule has 0 radical (unpaired) electrons. The van der Waals surface area contributed by atoms with E-state index in [4.69, 9.17) is 10.8 Å². The van der Waals surface area contributed by atoms with Crippen LogP contribution < -0.4 is 21.5 Å². The van der Waals surface area contributed by atoms with Crippen molar-refractivity contribution < 1.29 is 14.3 Å². The Kier molecular flexibility index (Phi) is 3.21. The van der Waals surface area contributed by atoms with Gasteiger partial charge < -0.3 is 25.7 Å². The van der Waals surface area contributed by atoms with E-state index in [0.29, 0.717) is 19.5 Å². The van der Waals surface area contributed by atoms with E-state index < -0.39 is 33.6 Å². The first kappa shape index (κ1) is 14.3. The van der Waals surface area contributed by atoms with Gasteiger partial charge in [0.25, 0.3) is 0 Å². The summed E-state index contributed by atoms with van der Waals surface area (Å²) in [6, 6.07) is -0.118. The Morgan fingerprint density at radius 1 is 1.41 bits per heavy atom. The molecule has 1 unspecified atom stereocenters. The Labute approximate surface area is 122 Å². The fraction of sp³-hybridized carbons (Fsp3) is 0.308. The molecule has 22 heavy (non-hydrogen) atoms. The smallest absolute Gasteiger partial charge is 0.341 e. The van der Waals surface area contributed by atoms with E-state index in [-0.39, 0.29) is 17.5 Å². The first-order valence-corrected chi connectivity index (χ1v) is 6.61. The van der Waals surface area contributed by atoms with Gasteiger partial charge in [0, 0.05) is 25.3 Å². The lowest BCUT2D eigenvalue weighted by Gasteiger charge is -2.18. The van der Waals surface area contributed by atoms with Gasteiger partial charge in [-0.25, -0.2) is 4.79 Å². The van der Waals surface area contributed by atoms with Crippen LogP contribution in [0.2, 0.25) is 0 Å². The summed E-state index contributed by atoms with van der Waals surface area (Å²) in [7, 11) is 0. The number of hydrogen-bond donors (Lipinski definition) is 4. The number of H-pyrrole nitrogens is 2. The molecule has 1 aliphatic rings. The zero-order valence-electron chi connectivity index (χ0n) is 11.4. The van der Waals surface area contributed by atoms with Crippen LogP contribution in [0.4, 0.5) is 10.2 Å². The molecule has 1 fully saturated rings. The van der Waals surface area contributed by atoms with E-state index in [2.05, 4.69) is 9.97 Å². The number of halogens is 1. The Hall–Kier alpha value is -2.68. The second-order valence-corrected chi connectivity index (χ2v) is 5.20. The number of nitrogens with one attached hydrogen (secondary N) is 2. The summed E-state index contributed by atoms with van der Waals surface area (Å²) in [6.07, 6.45) is 1.63. The largest absolute Gasteiger partial charge is 0.477 e. The van der Waals surface area contributed by atoms with Crippen LogP contribution in [0, 0.1) is 5.82 Å². The van der Waals surface area contributed by atoms with Crippen molar-refractivity contribution in [3.63, 3.8) is 0 Å². The first-order valence-electron chi connectivity index (χ1n) is 6.61. The van der Waals surface area contributed by atoms with Crippen molar-refractivity contribution in [3.8, 4) is 0 Å². The summed E-state index contributed by atoms with van der Waals surface area (Å²) in [5.41, 5.74) is 2.97. The number of carbonyl (C=O) groups is 1. The molecule has 0 aliphatic carbocycles. The van der Waals surface area contributed by atoms with Crippen LogP contribution in [0.3, 0.4) is 0 Å². The molecular formula is C13H13FN4O4. The third kappa shape index (κ3) is 2.06. The number of pyridine rings is 2. The average Bonchev–Trinajstić information content (AvgIpc) is 2.88. The van der Waals surface area contributed by atoms with Crippen molar-refractivity contribution in [2.75, 3.05) is 18.0 Å². The van der Waals surface area contributed by atoms with Crippen molar-refractivity contribution in [2.45, 2.75) is 12.5 Å². The number of fused-ring (bicyclic) bond motifs is 1. The summed E-state index contributed by atoms with van der Waals surface area (Å²) in [5, 5.41) is 8.36. The molecule has 9 heteroatoms. The fourth-order valence-corrected chi connectivity index (χ4v) is 2.60. The molecule has 0 aromatic carbocycles. The second kappa shape index (κ2) is 4.95. The molecule has 1 atom stereocenters. The predicted molar refractivity (Wildman–Crippen MR) is 76.9 cm³/mol. The molecule has 0 spiro atoms. The summed E-state index contributed by atoms with van der Waals surface area (Å²) in [4.78, 5) is 41.8. The molecule has 2 aromatic rings. The Balaban J connectivity index is 2.27. The number of aromatic nitrogens is 2. The van der Waals surface area contributed by atoms with Crippen LogP contribution in [0.15, 0.2) is 15.8 Å². The summed E-state index contributed by atoms with van der Waals surface area (Å²) in [5.74, 6) is -2.66. The Morgan fingerprint density at radius 2 is 2.14 bits per heavy atom. The number of nitrogens with two attached hydrogens (primary N) is 1. The number of carboxylic acids is 1. The zero-order valence-corrected chi connectivity index (χ0v) is 11.4. The molecule has 1 aliphatic heterocycles. The number of nitrogens with zero attached hydrogens (tertiary/aromatic N) is 1. The van der Waals surface area contributed by atoms with Crippen LogP contribution in [0.1, 0.15) is 16.8 Å². The molecular weight excluding hydrogens is 295 g/mol. The highest BCUT2D eigenvalue weighted by Gasteiger charge is 2.26. The first-order chi connectivity index (χ1) is 10.4. The molecule has 0 amide bonds. The topological polar surface area (TPSA) is 132 Å². The van der Waals surface area contributed by atoms with Crippen molar-refractivity contribution in [1.82, 2.24) is 9.97 Å². The molecule has 8 nitrogen and oxygen atoms in total. The number of aromatic carboxylic acids is 1. The van der Waals surface area contributed by atoms with Crippen LogP contribution >= 0.6 is 0 Å². The minimum Gasteiger partial charge on any atom is -0.477 e. The number of hydrogen-bond acceptors (Lipinski definition) is 5. The third-order valence-electron chi connectivity index (χ3n) is 3.73. The van der Waals surface area contributed by atoms with Crippen LogP contribution in [0.25, 0.3) is 11.0 Å². The van der Waals surface area contributed by atoms with Gasteiger partial charge in [0.2, 0.25) is 16.7 Å². The molecule has 3 heterocycles. The van der Waals surface area contributed by atoms with Gasteiger partial charge in [-0.05, 0) is 6.42 Å². The normalized spacial score (nSPS) is 18.1. The van der Waals surface area contributed by atoms with Crippen LogP contribution in [-0.4, -0.2) is 40.2 Å². The van der Waals surface area contributed by atoms with Crippen molar-refractivity contribution in [3.05, 3.63) is 38.0 Å². The van der Waals surface area contributed by atoms with E-state index in [1.165, 1.54) is 0 Å². The molecule has 0 saturated carbocycles. The monoisotopic (exact) mass is 308 g/mol. The quantitative estimate of drug-likeness (QED) is 0.596. The molecule has 3 rings (SSSR count). The maximum Gasteiger partial charge on any atom is 0.341 e. The number of anilines is 1. The Bertz CT molecular complexity index is 888. The van der Waals surface area contributed by atoms with Crippen molar-refractivity contribution >= 4 is 22.8 Å². The van der Waals surface area contributed by atoms with E-state index in [1.807, 2.05) is 0 Å². The molecule has 0 bridgehead atoms. The van der Waals surface area contributed by atoms with Crippen molar-refractivity contribution in [1.29, 1.82) is 0 Å². The maximum absolute atomic E-state index is 14.3. The van der Waals surface area contributed by atoms with E-state index in [0.717, 1.165) is 6.20 Å². The van der Waals surface area contributed by atoms with Gasteiger partial charge in [-0.1, -0.05) is 0 Å². The molecule has 5 N–H and O–H groups in total. The summed E-state index contributed by atoms with van der Waals surface area (Å²) >= 11 is 0. The SMILES string of the molecule is NC1CCN(c2[nH]c3[nH]cc(C(=O)O)c(=O)c3c(=O)c2F)C1. The summed E-state index contributed by atoms with van der Waals surface area (Å²) in [6.45, 7) is 0.868. The van der Waals surface area contributed by atoms with Crippen LogP contribution in [-0.2, 0) is 0 Å². The average molecular weight is 308 g/mol. The number of aromatic amines is 2. The molecule has 1 saturated heterocycles. The fourth-order valence-electron chi connectivity index (χ4n) is 2.60. The lowest BCUT2D eigenvalue weighted by Crippen LogP contribution is -2.31. The predicted octanol–water partition coefficient (Wildman–Crippen LogP) is -0.409. The van der Waals surface area contributed by atoms with Gasteiger partial charge >= 0.3 is 5.97 Å². The highest BCUT2D eigenvalue weighted by Crippen LogP contribution is 2.20. The van der Waals surface area contributed by atoms with Gasteiger partial charge in [0.15, 0.2) is 0 Å². The van der Waals surface area contributed by atoms with Gasteiger partial charge in [0.1, 0.15) is 22.4 Å². The summed E-state index contributed by atoms with van der Waals surface area (Å²) < 4.78 is 14.3. The zero-order chi connectivity index (χ0) is 16.0. The van der Waals surface area contributed by atoms with Crippen molar-refractivity contribution in [2.24, 2.45) is 5.73 Å². The standard InChI is InChI=1S/C13H13FN4O4/c14-8-10(20)7-9(19)6(13(21)22)3-16-11(7)17-12(8)18-2-1-5(15)4-18/h3,5H,1-2,4,15H2,(H,21,22)(H2,16,17,19,20). The highest BCUT2D eigenvalue weighted by molar-refractivity contribution is 5.91. The second-order valence-electron chi connectivity index (χ2n) is 5.20. The highest BCUT2D eigenvalue weighted by atomic mass is 19.1. The Morgan fingerprint density at radius 3 is 2.73 bits per heavy atom. The lowest BCUT2D eigenvalue weighted by atomic mass is 10.2. The number of carboxylic acid groups (broad SMARTS) is 1. The van der Waals surface area contributed by atoms with Gasteiger partial charge in [-0.2, -0.15) is 4.39 Å². The lowest BCUT2D eigenvalue weighted by molar-refractivity contribution is 0.0695. The van der Waals surface area contributed by atoms with Gasteiger partial charge in [-0.15, -0.1) is 0 Å². The van der Waals surface area contributed by atoms with Gasteiger partial charge in [0.05, 0.1) is 0 Å². The van der Waals surface area contributed by atoms with E-state index in [9.17, 15) is 18.8 Å².